The molecule has 8 nitrogen and oxygen atoms in total. The first-order valence-corrected chi connectivity index (χ1v) is 8.68. The van der Waals surface area contributed by atoms with Crippen LogP contribution in [0.15, 0.2) is 61.2 Å². The number of aromatic nitrogens is 4. The van der Waals surface area contributed by atoms with E-state index in [0.29, 0.717) is 35.4 Å². The van der Waals surface area contributed by atoms with Gasteiger partial charge in [-0.3, -0.25) is 9.97 Å². The first-order valence-electron chi connectivity index (χ1n) is 8.68. The van der Waals surface area contributed by atoms with Crippen LogP contribution in [0.4, 0.5) is 23.1 Å². The third kappa shape index (κ3) is 3.75. The van der Waals surface area contributed by atoms with E-state index in [0.717, 1.165) is 16.5 Å². The van der Waals surface area contributed by atoms with Crippen LogP contribution in [0.3, 0.4) is 0 Å². The highest BCUT2D eigenvalue weighted by molar-refractivity contribution is 5.79. The smallest absolute Gasteiger partial charge is 0.171 e. The molecule has 0 aliphatic heterocycles. The third-order valence-corrected chi connectivity index (χ3v) is 4.19. The Balaban J connectivity index is 1.52. The van der Waals surface area contributed by atoms with Gasteiger partial charge in [-0.2, -0.15) is 0 Å². The number of hydrogen-bond donors (Lipinski definition) is 3. The zero-order valence-electron chi connectivity index (χ0n) is 15.3. The Hall–Kier alpha value is -3.94. The van der Waals surface area contributed by atoms with Gasteiger partial charge in [0.15, 0.2) is 17.5 Å². The number of fused-ring (bicyclic) bond motifs is 1. The first-order chi connectivity index (χ1) is 13.7. The monoisotopic (exact) mass is 373 g/mol. The van der Waals surface area contributed by atoms with Crippen LogP contribution in [0.25, 0.3) is 10.9 Å². The van der Waals surface area contributed by atoms with E-state index in [1.54, 1.807) is 38.0 Å². The van der Waals surface area contributed by atoms with Gasteiger partial charge in [0, 0.05) is 30.4 Å². The predicted molar refractivity (Wildman–Crippen MR) is 110 cm³/mol. The minimum Gasteiger partial charge on any atom is -0.494 e. The second kappa shape index (κ2) is 7.75. The summed E-state index contributed by atoms with van der Waals surface area (Å²) < 4.78 is 5.32. The number of nitrogens with two attached hydrogens (primary N) is 1. The fourth-order valence-corrected chi connectivity index (χ4v) is 2.80. The Morgan fingerprint density at radius 1 is 1.07 bits per heavy atom. The minimum absolute atomic E-state index is 0.325. The van der Waals surface area contributed by atoms with Crippen LogP contribution in [-0.2, 0) is 6.54 Å². The third-order valence-electron chi connectivity index (χ3n) is 4.19. The number of ether oxygens (including phenoxy) is 1. The molecule has 3 aromatic heterocycles. The van der Waals surface area contributed by atoms with Crippen molar-refractivity contribution in [3.63, 3.8) is 0 Å². The molecule has 4 aromatic rings. The van der Waals surface area contributed by atoms with E-state index in [9.17, 15) is 0 Å². The molecule has 0 radical (unpaired) electrons. The van der Waals surface area contributed by atoms with Crippen molar-refractivity contribution in [2.75, 3.05) is 23.5 Å². The standard InChI is InChI=1S/C20H19N7O/c1-28-17-6-8-22-11-16(17)26-18-12-24-19(21)20(27-18)25-10-13-4-5-15-14(9-13)3-2-7-23-15/h2-9,11-12H,10H2,1H3,(H2,21,24)(H2,25,26,27). The molecule has 0 atom stereocenters. The maximum atomic E-state index is 5.98. The van der Waals surface area contributed by atoms with Gasteiger partial charge in [-0.25, -0.2) is 9.97 Å². The van der Waals surface area contributed by atoms with Crippen LogP contribution < -0.4 is 21.1 Å². The SMILES string of the molecule is COc1ccncc1Nc1cnc(N)c(NCc2ccc3ncccc3c2)n1. The van der Waals surface area contributed by atoms with Crippen LogP contribution in [0.2, 0.25) is 0 Å². The van der Waals surface area contributed by atoms with Gasteiger partial charge in [-0.1, -0.05) is 12.1 Å². The summed E-state index contributed by atoms with van der Waals surface area (Å²) >= 11 is 0. The number of benzene rings is 1. The average molecular weight is 373 g/mol. The average Bonchev–Trinajstić information content (AvgIpc) is 2.74. The number of nitrogens with zero attached hydrogens (tertiary/aromatic N) is 4. The highest BCUT2D eigenvalue weighted by Gasteiger charge is 2.08. The number of nitrogens with one attached hydrogen (secondary N) is 2. The van der Waals surface area contributed by atoms with Crippen molar-refractivity contribution in [1.82, 2.24) is 19.9 Å². The number of hydrogen-bond acceptors (Lipinski definition) is 8. The van der Waals surface area contributed by atoms with Gasteiger partial charge in [-0.15, -0.1) is 0 Å². The van der Waals surface area contributed by atoms with E-state index in [2.05, 4.69) is 36.6 Å². The minimum atomic E-state index is 0.325. The number of methoxy groups -OCH3 is 1. The predicted octanol–water partition coefficient (Wildman–Crippen LogP) is 3.37. The van der Waals surface area contributed by atoms with Crippen LogP contribution in [0, 0.1) is 0 Å². The van der Waals surface area contributed by atoms with Crippen molar-refractivity contribution in [3.05, 3.63) is 66.7 Å². The molecular formula is C20H19N7O. The number of anilines is 4. The molecule has 140 valence electrons. The van der Waals surface area contributed by atoms with Gasteiger partial charge in [0.05, 0.1) is 25.0 Å². The summed E-state index contributed by atoms with van der Waals surface area (Å²) in [6.45, 7) is 0.559. The van der Waals surface area contributed by atoms with Crippen molar-refractivity contribution in [3.8, 4) is 5.75 Å². The molecular weight excluding hydrogens is 354 g/mol. The lowest BCUT2D eigenvalue weighted by molar-refractivity contribution is 0.416. The van der Waals surface area contributed by atoms with E-state index in [4.69, 9.17) is 10.5 Å². The summed E-state index contributed by atoms with van der Waals surface area (Å²) in [7, 11) is 1.60. The van der Waals surface area contributed by atoms with E-state index >= 15 is 0 Å². The summed E-state index contributed by atoms with van der Waals surface area (Å²) in [5.74, 6) is 2.02. The normalized spacial score (nSPS) is 10.6. The van der Waals surface area contributed by atoms with Gasteiger partial charge in [0.25, 0.3) is 0 Å². The summed E-state index contributed by atoms with van der Waals surface area (Å²) in [5, 5.41) is 7.47. The van der Waals surface area contributed by atoms with E-state index in [1.807, 2.05) is 24.3 Å². The van der Waals surface area contributed by atoms with Gasteiger partial charge in [0.2, 0.25) is 0 Å². The van der Waals surface area contributed by atoms with Crippen molar-refractivity contribution in [2.45, 2.75) is 6.54 Å². The largest absolute Gasteiger partial charge is 0.494 e. The van der Waals surface area contributed by atoms with Crippen LogP contribution in [0.5, 0.6) is 5.75 Å². The lowest BCUT2D eigenvalue weighted by atomic mass is 10.1. The highest BCUT2D eigenvalue weighted by atomic mass is 16.5. The Labute approximate surface area is 161 Å². The lowest BCUT2D eigenvalue weighted by Gasteiger charge is -2.12. The molecule has 0 amide bonds. The topological polar surface area (TPSA) is 111 Å². The van der Waals surface area contributed by atoms with Crippen molar-refractivity contribution >= 4 is 34.0 Å². The van der Waals surface area contributed by atoms with Gasteiger partial charge in [-0.05, 0) is 23.8 Å². The molecule has 0 unspecified atom stereocenters. The van der Waals surface area contributed by atoms with E-state index in [1.165, 1.54) is 0 Å². The van der Waals surface area contributed by atoms with Crippen molar-refractivity contribution in [1.29, 1.82) is 0 Å². The van der Waals surface area contributed by atoms with Gasteiger partial charge in [0.1, 0.15) is 11.4 Å². The quantitative estimate of drug-likeness (QED) is 0.472. The number of nitrogen functional groups attached to an aromatic ring is 1. The molecule has 0 saturated heterocycles. The molecule has 0 aliphatic rings. The van der Waals surface area contributed by atoms with Crippen molar-refractivity contribution < 1.29 is 4.74 Å². The summed E-state index contributed by atoms with van der Waals surface area (Å²) in [6, 6.07) is 11.8. The summed E-state index contributed by atoms with van der Waals surface area (Å²) in [5.41, 5.74) is 8.73. The number of rotatable bonds is 6. The van der Waals surface area contributed by atoms with Gasteiger partial charge < -0.3 is 21.1 Å². The Morgan fingerprint density at radius 3 is 2.89 bits per heavy atom. The molecule has 4 N–H and O–H groups in total. The summed E-state index contributed by atoms with van der Waals surface area (Å²) in [6.07, 6.45) is 6.67. The lowest BCUT2D eigenvalue weighted by Crippen LogP contribution is -2.08. The molecule has 28 heavy (non-hydrogen) atoms. The fraction of sp³-hybridized carbons (Fsp3) is 0.100. The molecule has 8 heteroatoms. The Morgan fingerprint density at radius 2 is 2.00 bits per heavy atom. The molecule has 0 saturated carbocycles. The number of pyridine rings is 2. The zero-order valence-corrected chi connectivity index (χ0v) is 15.3. The molecule has 3 heterocycles. The molecule has 0 fully saturated rings. The molecule has 0 bridgehead atoms. The first kappa shape index (κ1) is 17.5. The van der Waals surface area contributed by atoms with Crippen LogP contribution in [-0.4, -0.2) is 27.0 Å². The van der Waals surface area contributed by atoms with Crippen molar-refractivity contribution in [2.24, 2.45) is 0 Å². The second-order valence-electron chi connectivity index (χ2n) is 6.07. The summed E-state index contributed by atoms with van der Waals surface area (Å²) in [4.78, 5) is 17.2. The van der Waals surface area contributed by atoms with E-state index in [-0.39, 0.29) is 0 Å². The highest BCUT2D eigenvalue weighted by Crippen LogP contribution is 2.26. The van der Waals surface area contributed by atoms with E-state index < -0.39 is 0 Å². The fourth-order valence-electron chi connectivity index (χ4n) is 2.80. The maximum absolute atomic E-state index is 5.98. The zero-order chi connectivity index (χ0) is 19.3. The molecule has 1 aromatic carbocycles. The molecule has 0 spiro atoms. The Kier molecular flexibility index (Phi) is 4.83. The molecule has 4 rings (SSSR count). The van der Waals surface area contributed by atoms with Crippen LogP contribution >= 0.6 is 0 Å². The van der Waals surface area contributed by atoms with Crippen LogP contribution in [0.1, 0.15) is 5.56 Å². The second-order valence-corrected chi connectivity index (χ2v) is 6.07. The Bertz CT molecular complexity index is 1120. The van der Waals surface area contributed by atoms with Gasteiger partial charge >= 0.3 is 0 Å². The molecule has 0 aliphatic carbocycles. The maximum Gasteiger partial charge on any atom is 0.171 e.